The zero-order valence-electron chi connectivity index (χ0n) is 9.12. The Balaban J connectivity index is 2.29. The van der Waals surface area contributed by atoms with Crippen LogP contribution in [0.1, 0.15) is 0 Å². The molecule has 4 nitrogen and oxygen atoms in total. The summed E-state index contributed by atoms with van der Waals surface area (Å²) in [6, 6.07) is 5.77. The molecule has 0 amide bonds. The molecule has 0 bridgehead atoms. The minimum atomic E-state index is 0.652. The number of ether oxygens (including phenoxy) is 1. The Morgan fingerprint density at radius 3 is 2.71 bits per heavy atom. The minimum absolute atomic E-state index is 0.652. The summed E-state index contributed by atoms with van der Waals surface area (Å²) in [5.41, 5.74) is 3.54. The molecule has 0 spiro atoms. The summed E-state index contributed by atoms with van der Waals surface area (Å²) in [7, 11) is 1.64. The Labute approximate surface area is 102 Å². The van der Waals surface area contributed by atoms with Crippen LogP contribution >= 0.6 is 11.3 Å². The Hall–Kier alpha value is -2.01. The lowest BCUT2D eigenvalue weighted by atomic mass is 10.1. The highest BCUT2D eigenvalue weighted by Gasteiger charge is 2.13. The van der Waals surface area contributed by atoms with Crippen molar-refractivity contribution in [1.29, 1.82) is 0 Å². The van der Waals surface area contributed by atoms with Crippen molar-refractivity contribution < 1.29 is 4.74 Å². The van der Waals surface area contributed by atoms with Gasteiger partial charge in [0.2, 0.25) is 0 Å². The van der Waals surface area contributed by atoms with E-state index in [9.17, 15) is 0 Å². The summed E-state index contributed by atoms with van der Waals surface area (Å²) in [5, 5.41) is 0. The largest absolute Gasteiger partial charge is 0.494 e. The molecule has 3 aromatic rings. The van der Waals surface area contributed by atoms with Gasteiger partial charge in [0.25, 0.3) is 0 Å². The third kappa shape index (κ3) is 1.64. The number of aromatic nitrogens is 3. The van der Waals surface area contributed by atoms with Crippen LogP contribution in [0.4, 0.5) is 0 Å². The first kappa shape index (κ1) is 10.2. The molecule has 0 atom stereocenters. The van der Waals surface area contributed by atoms with Gasteiger partial charge in [-0.25, -0.2) is 15.0 Å². The predicted octanol–water partition coefficient (Wildman–Crippen LogP) is 2.76. The summed E-state index contributed by atoms with van der Waals surface area (Å²) in [6.07, 6.45) is 3.43. The van der Waals surface area contributed by atoms with Crippen molar-refractivity contribution >= 4 is 21.6 Å². The Morgan fingerprint density at radius 1 is 1.12 bits per heavy atom. The molecule has 0 radical (unpaired) electrons. The summed E-state index contributed by atoms with van der Waals surface area (Å²) < 4.78 is 6.53. The fourth-order valence-electron chi connectivity index (χ4n) is 1.73. The summed E-state index contributed by atoms with van der Waals surface area (Å²) in [6.45, 7) is 0. The third-order valence-corrected chi connectivity index (χ3v) is 3.26. The van der Waals surface area contributed by atoms with Crippen LogP contribution in [0.3, 0.4) is 0 Å². The van der Waals surface area contributed by atoms with Crippen molar-refractivity contribution in [2.24, 2.45) is 0 Å². The highest BCUT2D eigenvalue weighted by Crippen LogP contribution is 2.35. The lowest BCUT2D eigenvalue weighted by molar-refractivity contribution is 0.420. The molecular formula is C12H9N3OS. The van der Waals surface area contributed by atoms with Gasteiger partial charge >= 0.3 is 0 Å². The standard InChI is InChI=1S/C12H9N3OS/c1-16-11-8(12-13-5-2-6-14-12)3-4-9-10(11)15-7-17-9/h2-7H,1H3. The van der Waals surface area contributed by atoms with E-state index in [1.165, 1.54) is 0 Å². The van der Waals surface area contributed by atoms with Crippen LogP contribution in [-0.4, -0.2) is 22.1 Å². The number of rotatable bonds is 2. The van der Waals surface area contributed by atoms with Crippen molar-refractivity contribution in [3.63, 3.8) is 0 Å². The van der Waals surface area contributed by atoms with Crippen molar-refractivity contribution in [3.8, 4) is 17.1 Å². The third-order valence-electron chi connectivity index (χ3n) is 2.47. The van der Waals surface area contributed by atoms with Crippen LogP contribution in [0.25, 0.3) is 21.6 Å². The van der Waals surface area contributed by atoms with E-state index >= 15 is 0 Å². The normalized spacial score (nSPS) is 10.6. The molecule has 3 rings (SSSR count). The molecule has 0 aliphatic carbocycles. The fraction of sp³-hybridized carbons (Fsp3) is 0.0833. The van der Waals surface area contributed by atoms with Gasteiger partial charge in [-0.3, -0.25) is 0 Å². The second kappa shape index (κ2) is 4.10. The second-order valence-electron chi connectivity index (χ2n) is 3.42. The molecule has 2 aromatic heterocycles. The number of benzene rings is 1. The molecule has 5 heteroatoms. The Kier molecular flexibility index (Phi) is 2.45. The van der Waals surface area contributed by atoms with E-state index < -0.39 is 0 Å². The molecule has 0 fully saturated rings. The van der Waals surface area contributed by atoms with Crippen LogP contribution in [0.5, 0.6) is 5.75 Å². The number of hydrogen-bond acceptors (Lipinski definition) is 5. The van der Waals surface area contributed by atoms with Crippen LogP contribution in [0.2, 0.25) is 0 Å². The average molecular weight is 243 g/mol. The molecule has 1 aromatic carbocycles. The molecule has 0 aliphatic heterocycles. The SMILES string of the molecule is COc1c(-c2ncccn2)ccc2scnc12. The summed E-state index contributed by atoms with van der Waals surface area (Å²) in [4.78, 5) is 12.8. The molecule has 0 unspecified atom stereocenters. The molecule has 0 saturated carbocycles. The molecule has 0 aliphatic rings. The van der Waals surface area contributed by atoms with E-state index in [1.54, 1.807) is 36.9 Å². The van der Waals surface area contributed by atoms with Gasteiger partial charge in [0.05, 0.1) is 22.9 Å². The number of hydrogen-bond donors (Lipinski definition) is 0. The predicted molar refractivity (Wildman–Crippen MR) is 67.2 cm³/mol. The molecule has 0 N–H and O–H groups in total. The Bertz CT molecular complexity index is 651. The van der Waals surface area contributed by atoms with Crippen LogP contribution < -0.4 is 4.74 Å². The molecule has 2 heterocycles. The van der Waals surface area contributed by atoms with Gasteiger partial charge < -0.3 is 4.74 Å². The highest BCUT2D eigenvalue weighted by molar-refractivity contribution is 7.16. The maximum Gasteiger partial charge on any atom is 0.162 e. The summed E-state index contributed by atoms with van der Waals surface area (Å²) in [5.74, 6) is 1.38. The van der Waals surface area contributed by atoms with E-state index in [0.29, 0.717) is 5.82 Å². The van der Waals surface area contributed by atoms with Gasteiger partial charge in [-0.1, -0.05) is 0 Å². The highest BCUT2D eigenvalue weighted by atomic mass is 32.1. The average Bonchev–Trinajstić information content (AvgIpc) is 2.86. The van der Waals surface area contributed by atoms with Gasteiger partial charge in [-0.05, 0) is 18.2 Å². The molecule has 84 valence electrons. The van der Waals surface area contributed by atoms with E-state index in [0.717, 1.165) is 21.5 Å². The van der Waals surface area contributed by atoms with Crippen LogP contribution in [-0.2, 0) is 0 Å². The first-order valence-corrected chi connectivity index (χ1v) is 5.95. The molecule has 0 saturated heterocycles. The van der Waals surface area contributed by atoms with E-state index in [2.05, 4.69) is 15.0 Å². The first-order chi connectivity index (χ1) is 8.40. The van der Waals surface area contributed by atoms with Gasteiger partial charge in [0, 0.05) is 12.4 Å². The van der Waals surface area contributed by atoms with Gasteiger partial charge in [-0.2, -0.15) is 0 Å². The number of methoxy groups -OCH3 is 1. The molecular weight excluding hydrogens is 234 g/mol. The van der Waals surface area contributed by atoms with E-state index in [4.69, 9.17) is 4.74 Å². The maximum atomic E-state index is 5.44. The Morgan fingerprint density at radius 2 is 1.94 bits per heavy atom. The van der Waals surface area contributed by atoms with Crippen molar-refractivity contribution in [1.82, 2.24) is 15.0 Å². The topological polar surface area (TPSA) is 47.9 Å². The van der Waals surface area contributed by atoms with Crippen LogP contribution in [0, 0.1) is 0 Å². The monoisotopic (exact) mass is 243 g/mol. The molecule has 17 heavy (non-hydrogen) atoms. The van der Waals surface area contributed by atoms with Crippen molar-refractivity contribution in [3.05, 3.63) is 36.1 Å². The second-order valence-corrected chi connectivity index (χ2v) is 4.30. The van der Waals surface area contributed by atoms with Crippen molar-refractivity contribution in [2.45, 2.75) is 0 Å². The quantitative estimate of drug-likeness (QED) is 0.694. The van der Waals surface area contributed by atoms with Crippen molar-refractivity contribution in [2.75, 3.05) is 7.11 Å². The van der Waals surface area contributed by atoms with E-state index in [1.807, 2.05) is 17.6 Å². The van der Waals surface area contributed by atoms with Gasteiger partial charge in [0.1, 0.15) is 5.52 Å². The first-order valence-electron chi connectivity index (χ1n) is 5.07. The summed E-state index contributed by atoms with van der Waals surface area (Å²) >= 11 is 1.59. The minimum Gasteiger partial charge on any atom is -0.494 e. The maximum absolute atomic E-state index is 5.44. The smallest absolute Gasteiger partial charge is 0.162 e. The fourth-order valence-corrected chi connectivity index (χ4v) is 2.40. The number of thiazole rings is 1. The van der Waals surface area contributed by atoms with Crippen LogP contribution in [0.15, 0.2) is 36.1 Å². The lowest BCUT2D eigenvalue weighted by Crippen LogP contribution is -1.93. The van der Waals surface area contributed by atoms with Gasteiger partial charge in [0.15, 0.2) is 11.6 Å². The number of nitrogens with zero attached hydrogens (tertiary/aromatic N) is 3. The van der Waals surface area contributed by atoms with Gasteiger partial charge in [-0.15, -0.1) is 11.3 Å². The van der Waals surface area contributed by atoms with E-state index in [-0.39, 0.29) is 0 Å². The lowest BCUT2D eigenvalue weighted by Gasteiger charge is -2.07. The number of fused-ring (bicyclic) bond motifs is 1. The zero-order valence-corrected chi connectivity index (χ0v) is 9.94. The zero-order chi connectivity index (χ0) is 11.7.